The van der Waals surface area contributed by atoms with Gasteiger partial charge in [0.2, 0.25) is 11.8 Å². The first-order valence-corrected chi connectivity index (χ1v) is 11.3. The Morgan fingerprint density at radius 3 is 2.50 bits per heavy atom. The number of rotatable bonds is 8. The van der Waals surface area contributed by atoms with E-state index in [4.69, 9.17) is 4.42 Å². The zero-order valence-corrected chi connectivity index (χ0v) is 19.3. The minimum atomic E-state index is 0.0242. The van der Waals surface area contributed by atoms with Gasteiger partial charge in [-0.3, -0.25) is 9.69 Å². The average Bonchev–Trinajstić information content (AvgIpc) is 3.18. The van der Waals surface area contributed by atoms with Crippen LogP contribution < -0.4 is 5.32 Å². The molecule has 1 aromatic heterocycles. The molecule has 3 aromatic rings. The van der Waals surface area contributed by atoms with Gasteiger partial charge in [-0.25, -0.2) is 4.98 Å². The smallest absolute Gasteiger partial charge is 0.238 e. The standard InChI is InChI=1S/C25H33N5O2/c1-19-5-10-23-22(17-19)27-25(32-23)20-6-8-21(9-7-20)26-24(31)18-30-15-13-29(14-16-30)12-4-11-28(2)3/h5-10,17H,4,11-16,18H2,1-3H3,(H,26,31). The molecular weight excluding hydrogens is 402 g/mol. The molecule has 2 heterocycles. The molecule has 170 valence electrons. The maximum absolute atomic E-state index is 12.5. The van der Waals surface area contributed by atoms with Crippen LogP contribution in [-0.4, -0.2) is 85.5 Å². The molecule has 1 aliphatic rings. The van der Waals surface area contributed by atoms with Crippen molar-refractivity contribution in [2.24, 2.45) is 0 Å². The fourth-order valence-electron chi connectivity index (χ4n) is 4.04. The Balaban J connectivity index is 1.25. The van der Waals surface area contributed by atoms with Crippen LogP contribution >= 0.6 is 0 Å². The van der Waals surface area contributed by atoms with Gasteiger partial charge in [0, 0.05) is 37.4 Å². The Morgan fingerprint density at radius 2 is 1.78 bits per heavy atom. The van der Waals surface area contributed by atoms with Gasteiger partial charge in [0.05, 0.1) is 6.54 Å². The van der Waals surface area contributed by atoms with Crippen molar-refractivity contribution in [1.82, 2.24) is 19.7 Å². The molecule has 0 bridgehead atoms. The Labute approximate surface area is 190 Å². The van der Waals surface area contributed by atoms with E-state index in [1.165, 1.54) is 6.42 Å². The summed E-state index contributed by atoms with van der Waals surface area (Å²) in [6.45, 7) is 8.64. The first-order chi connectivity index (χ1) is 15.5. The first kappa shape index (κ1) is 22.5. The molecule has 1 saturated heterocycles. The molecule has 0 atom stereocenters. The minimum Gasteiger partial charge on any atom is -0.436 e. The highest BCUT2D eigenvalue weighted by Crippen LogP contribution is 2.26. The number of nitrogens with one attached hydrogen (secondary N) is 1. The van der Waals surface area contributed by atoms with Crippen molar-refractivity contribution in [1.29, 1.82) is 0 Å². The zero-order valence-electron chi connectivity index (χ0n) is 19.3. The summed E-state index contributed by atoms with van der Waals surface area (Å²) in [7, 11) is 4.22. The van der Waals surface area contributed by atoms with Crippen molar-refractivity contribution in [3.63, 3.8) is 0 Å². The number of aromatic nitrogens is 1. The van der Waals surface area contributed by atoms with Crippen molar-refractivity contribution in [2.75, 3.05) is 65.2 Å². The highest BCUT2D eigenvalue weighted by Gasteiger charge is 2.19. The molecule has 0 aliphatic carbocycles. The van der Waals surface area contributed by atoms with Crippen molar-refractivity contribution in [3.8, 4) is 11.5 Å². The monoisotopic (exact) mass is 435 g/mol. The van der Waals surface area contributed by atoms with Gasteiger partial charge >= 0.3 is 0 Å². The number of piperazine rings is 1. The van der Waals surface area contributed by atoms with Crippen molar-refractivity contribution in [2.45, 2.75) is 13.3 Å². The molecule has 7 nitrogen and oxygen atoms in total. The highest BCUT2D eigenvalue weighted by molar-refractivity contribution is 5.92. The van der Waals surface area contributed by atoms with E-state index in [-0.39, 0.29) is 5.91 Å². The number of benzene rings is 2. The van der Waals surface area contributed by atoms with Crippen LogP contribution in [0.4, 0.5) is 5.69 Å². The summed E-state index contributed by atoms with van der Waals surface area (Å²) >= 11 is 0. The number of oxazole rings is 1. The number of amides is 1. The van der Waals surface area contributed by atoms with Gasteiger partial charge in [0.25, 0.3) is 0 Å². The molecule has 1 amide bonds. The molecule has 0 radical (unpaired) electrons. The molecule has 1 fully saturated rings. The summed E-state index contributed by atoms with van der Waals surface area (Å²) in [5.41, 5.74) is 4.47. The third-order valence-corrected chi connectivity index (χ3v) is 5.87. The van der Waals surface area contributed by atoms with E-state index in [0.717, 1.165) is 67.2 Å². The van der Waals surface area contributed by atoms with Gasteiger partial charge in [-0.1, -0.05) is 6.07 Å². The highest BCUT2D eigenvalue weighted by atomic mass is 16.3. The summed E-state index contributed by atoms with van der Waals surface area (Å²) in [5, 5.41) is 3.01. The molecule has 32 heavy (non-hydrogen) atoms. The van der Waals surface area contributed by atoms with Gasteiger partial charge in [-0.05, 0) is 82.5 Å². The number of carbonyl (C=O) groups excluding carboxylic acids is 1. The van der Waals surface area contributed by atoms with Gasteiger partial charge in [0.15, 0.2) is 5.58 Å². The van der Waals surface area contributed by atoms with E-state index in [1.54, 1.807) is 0 Å². The summed E-state index contributed by atoms with van der Waals surface area (Å²) in [6.07, 6.45) is 1.19. The molecule has 1 N–H and O–H groups in total. The van der Waals surface area contributed by atoms with Crippen LogP contribution in [0.15, 0.2) is 46.9 Å². The molecular formula is C25H33N5O2. The van der Waals surface area contributed by atoms with Gasteiger partial charge in [-0.15, -0.1) is 0 Å². The van der Waals surface area contributed by atoms with Crippen LogP contribution in [0.1, 0.15) is 12.0 Å². The van der Waals surface area contributed by atoms with Crippen LogP contribution in [-0.2, 0) is 4.79 Å². The number of hydrogen-bond acceptors (Lipinski definition) is 6. The summed E-state index contributed by atoms with van der Waals surface area (Å²) < 4.78 is 5.86. The first-order valence-electron chi connectivity index (χ1n) is 11.3. The Hall–Kier alpha value is -2.74. The van der Waals surface area contributed by atoms with E-state index >= 15 is 0 Å². The molecule has 4 rings (SSSR count). The third kappa shape index (κ3) is 5.94. The second kappa shape index (κ2) is 10.3. The summed E-state index contributed by atoms with van der Waals surface area (Å²) in [5.74, 6) is 0.614. The van der Waals surface area contributed by atoms with E-state index in [0.29, 0.717) is 12.4 Å². The maximum atomic E-state index is 12.5. The lowest BCUT2D eigenvalue weighted by Crippen LogP contribution is -2.48. The van der Waals surface area contributed by atoms with Crippen LogP contribution in [0.5, 0.6) is 0 Å². The Kier molecular flexibility index (Phi) is 7.19. The second-order valence-electron chi connectivity index (χ2n) is 8.89. The van der Waals surface area contributed by atoms with Gasteiger partial charge in [-0.2, -0.15) is 0 Å². The molecule has 1 aliphatic heterocycles. The zero-order chi connectivity index (χ0) is 22.5. The van der Waals surface area contributed by atoms with E-state index in [2.05, 4.69) is 39.1 Å². The predicted octanol–water partition coefficient (Wildman–Crippen LogP) is 3.31. The second-order valence-corrected chi connectivity index (χ2v) is 8.89. The minimum absolute atomic E-state index is 0.0242. The fourth-order valence-corrected chi connectivity index (χ4v) is 4.04. The number of nitrogens with zero attached hydrogens (tertiary/aromatic N) is 4. The molecule has 0 unspecified atom stereocenters. The topological polar surface area (TPSA) is 64.9 Å². The average molecular weight is 436 g/mol. The third-order valence-electron chi connectivity index (χ3n) is 5.87. The van der Waals surface area contributed by atoms with Crippen LogP contribution in [0.25, 0.3) is 22.6 Å². The Bertz CT molecular complexity index is 1040. The fraction of sp³-hybridized carbons (Fsp3) is 0.440. The lowest BCUT2D eigenvalue weighted by molar-refractivity contribution is -0.117. The molecule has 0 spiro atoms. The molecule has 7 heteroatoms. The van der Waals surface area contributed by atoms with Crippen molar-refractivity contribution in [3.05, 3.63) is 48.0 Å². The molecule has 0 saturated carbocycles. The van der Waals surface area contributed by atoms with E-state index in [1.807, 2.05) is 49.4 Å². The Morgan fingerprint density at radius 1 is 1.06 bits per heavy atom. The lowest BCUT2D eigenvalue weighted by atomic mass is 10.2. The van der Waals surface area contributed by atoms with Gasteiger partial charge < -0.3 is 19.5 Å². The number of aryl methyl sites for hydroxylation is 1. The van der Waals surface area contributed by atoms with E-state index < -0.39 is 0 Å². The number of anilines is 1. The number of fused-ring (bicyclic) bond motifs is 1. The van der Waals surface area contributed by atoms with Gasteiger partial charge in [0.1, 0.15) is 5.52 Å². The molecule has 2 aromatic carbocycles. The maximum Gasteiger partial charge on any atom is 0.238 e. The largest absolute Gasteiger partial charge is 0.436 e. The number of hydrogen-bond donors (Lipinski definition) is 1. The van der Waals surface area contributed by atoms with Crippen molar-refractivity contribution >= 4 is 22.7 Å². The summed E-state index contributed by atoms with van der Waals surface area (Å²) in [6, 6.07) is 13.6. The van der Waals surface area contributed by atoms with Crippen LogP contribution in [0.2, 0.25) is 0 Å². The van der Waals surface area contributed by atoms with Crippen LogP contribution in [0, 0.1) is 6.92 Å². The lowest BCUT2D eigenvalue weighted by Gasteiger charge is -2.34. The predicted molar refractivity (Wildman–Crippen MR) is 129 cm³/mol. The number of carbonyl (C=O) groups is 1. The quantitative estimate of drug-likeness (QED) is 0.586. The van der Waals surface area contributed by atoms with Crippen LogP contribution in [0.3, 0.4) is 0 Å². The SMILES string of the molecule is Cc1ccc2oc(-c3ccc(NC(=O)CN4CCN(CCCN(C)C)CC4)cc3)nc2c1. The summed E-state index contributed by atoms with van der Waals surface area (Å²) in [4.78, 5) is 24.0. The normalized spacial score (nSPS) is 15.5. The van der Waals surface area contributed by atoms with Crippen molar-refractivity contribution < 1.29 is 9.21 Å². The van der Waals surface area contributed by atoms with E-state index in [9.17, 15) is 4.79 Å².